The Kier molecular flexibility index (Phi) is 6.61. The molecular weight excluding hydrogens is 324 g/mol. The van der Waals surface area contributed by atoms with Crippen molar-refractivity contribution in [2.45, 2.75) is 31.0 Å². The van der Waals surface area contributed by atoms with Crippen LogP contribution in [0, 0.1) is 0 Å². The first-order valence-corrected chi connectivity index (χ1v) is 8.88. The second-order valence-corrected chi connectivity index (χ2v) is 7.19. The molecule has 2 atom stereocenters. The van der Waals surface area contributed by atoms with E-state index in [2.05, 4.69) is 24.1 Å². The van der Waals surface area contributed by atoms with Crippen molar-refractivity contribution in [2.24, 2.45) is 0 Å². The molecule has 0 aromatic heterocycles. The summed E-state index contributed by atoms with van der Waals surface area (Å²) in [5.74, 6) is 0.969. The molecule has 116 valence electrons. The molecule has 0 bridgehead atoms. The highest BCUT2D eigenvalue weighted by Gasteiger charge is 2.23. The summed E-state index contributed by atoms with van der Waals surface area (Å²) in [7, 11) is 0. The van der Waals surface area contributed by atoms with Crippen LogP contribution in [0.4, 0.5) is 0 Å². The highest BCUT2D eigenvalue weighted by molar-refractivity contribution is 7.99. The summed E-state index contributed by atoms with van der Waals surface area (Å²) < 4.78 is 5.72. The second kappa shape index (κ2) is 8.22. The van der Waals surface area contributed by atoms with Gasteiger partial charge in [-0.15, -0.1) is 11.8 Å². The van der Waals surface area contributed by atoms with Crippen molar-refractivity contribution in [1.82, 2.24) is 10.2 Å². The summed E-state index contributed by atoms with van der Waals surface area (Å²) in [5, 5.41) is 4.93. The van der Waals surface area contributed by atoms with Gasteiger partial charge in [0.15, 0.2) is 5.11 Å². The molecule has 0 unspecified atom stereocenters. The Balaban J connectivity index is 1.68. The number of halogens is 1. The van der Waals surface area contributed by atoms with Crippen LogP contribution in [0.15, 0.2) is 29.2 Å². The predicted molar refractivity (Wildman–Crippen MR) is 94.4 cm³/mol. The molecule has 3 nitrogen and oxygen atoms in total. The molecule has 21 heavy (non-hydrogen) atoms. The molecule has 2 rings (SSSR count). The third-order valence-corrected chi connectivity index (χ3v) is 4.84. The lowest BCUT2D eigenvalue weighted by molar-refractivity contribution is -0.0481. The van der Waals surface area contributed by atoms with Gasteiger partial charge >= 0.3 is 0 Å². The fourth-order valence-electron chi connectivity index (χ4n) is 2.31. The highest BCUT2D eigenvalue weighted by Crippen LogP contribution is 2.19. The molecule has 1 N–H and O–H groups in total. The van der Waals surface area contributed by atoms with Gasteiger partial charge in [0.2, 0.25) is 0 Å². The standard InChI is InChI=1S/C15H21ClN2OS2/c1-11-9-18(10-12(2)19-11)15(20)17-7-8-21-14-5-3-13(16)4-6-14/h3-6,11-12H,7-10H2,1-2H3,(H,17,20)/t11-,12-/m0/s1. The first-order chi connectivity index (χ1) is 10.0. The normalized spacial score (nSPS) is 22.1. The molecule has 0 aliphatic carbocycles. The maximum atomic E-state index is 5.87. The number of ether oxygens (including phenoxy) is 1. The molecule has 6 heteroatoms. The molecule has 0 spiro atoms. The SMILES string of the molecule is C[C@H]1CN(C(=S)NCCSc2ccc(Cl)cc2)C[C@H](C)O1. The number of nitrogens with zero attached hydrogens (tertiary/aromatic N) is 1. The van der Waals surface area contributed by atoms with Crippen LogP contribution in [0.3, 0.4) is 0 Å². The third kappa shape index (κ3) is 5.66. The van der Waals surface area contributed by atoms with Crippen molar-refractivity contribution in [3.8, 4) is 0 Å². The van der Waals surface area contributed by atoms with E-state index < -0.39 is 0 Å². The average Bonchev–Trinajstić information content (AvgIpc) is 2.44. The van der Waals surface area contributed by atoms with Crippen LogP contribution in [0.5, 0.6) is 0 Å². The Morgan fingerprint density at radius 1 is 1.33 bits per heavy atom. The number of hydrogen-bond acceptors (Lipinski definition) is 3. The van der Waals surface area contributed by atoms with Gasteiger partial charge in [0.05, 0.1) is 12.2 Å². The Morgan fingerprint density at radius 3 is 2.57 bits per heavy atom. The fourth-order valence-corrected chi connectivity index (χ4v) is 3.46. The number of thiocarbonyl (C=S) groups is 1. The zero-order chi connectivity index (χ0) is 15.2. The van der Waals surface area contributed by atoms with Crippen molar-refractivity contribution in [3.05, 3.63) is 29.3 Å². The first-order valence-electron chi connectivity index (χ1n) is 7.11. The molecule has 1 aromatic rings. The van der Waals surface area contributed by atoms with Crippen LogP contribution >= 0.6 is 35.6 Å². The van der Waals surface area contributed by atoms with Gasteiger partial charge < -0.3 is 15.0 Å². The van der Waals surface area contributed by atoms with Gasteiger partial charge in [-0.25, -0.2) is 0 Å². The highest BCUT2D eigenvalue weighted by atomic mass is 35.5. The van der Waals surface area contributed by atoms with E-state index in [1.165, 1.54) is 4.90 Å². The van der Waals surface area contributed by atoms with Gasteiger partial charge in [-0.3, -0.25) is 0 Å². The van der Waals surface area contributed by atoms with Gasteiger partial charge in [-0.1, -0.05) is 11.6 Å². The second-order valence-electron chi connectivity index (χ2n) is 5.20. The summed E-state index contributed by atoms with van der Waals surface area (Å²) >= 11 is 13.1. The van der Waals surface area contributed by atoms with E-state index >= 15 is 0 Å². The van der Waals surface area contributed by atoms with Crippen LogP contribution in [0.2, 0.25) is 5.02 Å². The largest absolute Gasteiger partial charge is 0.372 e. The van der Waals surface area contributed by atoms with E-state index in [0.29, 0.717) is 0 Å². The lowest BCUT2D eigenvalue weighted by Crippen LogP contribution is -2.51. The fraction of sp³-hybridized carbons (Fsp3) is 0.533. The van der Waals surface area contributed by atoms with E-state index in [9.17, 15) is 0 Å². The van der Waals surface area contributed by atoms with Gasteiger partial charge in [0, 0.05) is 35.3 Å². The van der Waals surface area contributed by atoms with Gasteiger partial charge in [0.1, 0.15) is 0 Å². The van der Waals surface area contributed by atoms with Gasteiger partial charge in [-0.2, -0.15) is 0 Å². The van der Waals surface area contributed by atoms with Gasteiger partial charge in [-0.05, 0) is 50.3 Å². The van der Waals surface area contributed by atoms with Crippen LogP contribution in [0.1, 0.15) is 13.8 Å². The Morgan fingerprint density at radius 2 is 1.95 bits per heavy atom. The predicted octanol–water partition coefficient (Wildman–Crippen LogP) is 3.42. The maximum Gasteiger partial charge on any atom is 0.169 e. The average molecular weight is 345 g/mol. The van der Waals surface area contributed by atoms with Crippen LogP contribution in [-0.4, -0.2) is 47.6 Å². The van der Waals surface area contributed by atoms with Crippen LogP contribution in [0.25, 0.3) is 0 Å². The number of morpholine rings is 1. The minimum Gasteiger partial charge on any atom is -0.372 e. The molecule has 1 saturated heterocycles. The number of nitrogens with one attached hydrogen (secondary N) is 1. The molecule has 0 saturated carbocycles. The number of rotatable bonds is 4. The first kappa shape index (κ1) is 16.9. The summed E-state index contributed by atoms with van der Waals surface area (Å²) in [4.78, 5) is 3.42. The van der Waals surface area contributed by atoms with E-state index in [1.54, 1.807) is 11.8 Å². The number of thioether (sulfide) groups is 1. The summed E-state index contributed by atoms with van der Waals surface area (Å²) in [6.07, 6.45) is 0.467. The zero-order valence-electron chi connectivity index (χ0n) is 12.3. The lowest BCUT2D eigenvalue weighted by atomic mass is 10.2. The van der Waals surface area contributed by atoms with E-state index in [-0.39, 0.29) is 12.2 Å². The monoisotopic (exact) mass is 344 g/mol. The molecule has 1 aliphatic rings. The molecule has 1 heterocycles. The van der Waals surface area contributed by atoms with Crippen molar-refractivity contribution in [3.63, 3.8) is 0 Å². The summed E-state index contributed by atoms with van der Waals surface area (Å²) in [6.45, 7) is 6.75. The van der Waals surface area contributed by atoms with Crippen LogP contribution < -0.4 is 5.32 Å². The van der Waals surface area contributed by atoms with E-state index in [0.717, 1.165) is 35.5 Å². The minimum atomic E-state index is 0.233. The van der Waals surface area contributed by atoms with Crippen molar-refractivity contribution in [2.75, 3.05) is 25.4 Å². The smallest absolute Gasteiger partial charge is 0.169 e. The molecule has 1 aromatic carbocycles. The minimum absolute atomic E-state index is 0.233. The lowest BCUT2D eigenvalue weighted by Gasteiger charge is -2.36. The molecule has 0 radical (unpaired) electrons. The summed E-state index contributed by atoms with van der Waals surface area (Å²) in [5.41, 5.74) is 0. The zero-order valence-corrected chi connectivity index (χ0v) is 14.7. The number of hydrogen-bond donors (Lipinski definition) is 1. The molecular formula is C15H21ClN2OS2. The molecule has 1 aliphatic heterocycles. The van der Waals surface area contributed by atoms with Crippen molar-refractivity contribution in [1.29, 1.82) is 0 Å². The van der Waals surface area contributed by atoms with Gasteiger partial charge in [0.25, 0.3) is 0 Å². The van der Waals surface area contributed by atoms with Crippen molar-refractivity contribution < 1.29 is 4.74 Å². The van der Waals surface area contributed by atoms with Crippen molar-refractivity contribution >= 4 is 40.7 Å². The molecule has 0 amide bonds. The quantitative estimate of drug-likeness (QED) is 0.512. The van der Waals surface area contributed by atoms with E-state index in [4.69, 9.17) is 28.6 Å². The van der Waals surface area contributed by atoms with Crippen LogP contribution in [-0.2, 0) is 4.74 Å². The Labute approximate surface area is 141 Å². The Bertz CT molecular complexity index is 459. The number of benzene rings is 1. The maximum absolute atomic E-state index is 5.87. The molecule has 1 fully saturated rings. The third-order valence-electron chi connectivity index (χ3n) is 3.17. The Hall–Kier alpha value is -0.490. The van der Waals surface area contributed by atoms with E-state index in [1.807, 2.05) is 24.3 Å². The summed E-state index contributed by atoms with van der Waals surface area (Å²) in [6, 6.07) is 7.91. The topological polar surface area (TPSA) is 24.5 Å².